The van der Waals surface area contributed by atoms with E-state index in [9.17, 15) is 4.79 Å². The summed E-state index contributed by atoms with van der Waals surface area (Å²) in [5.74, 6) is 0.231. The lowest BCUT2D eigenvalue weighted by Gasteiger charge is -2.17. The maximum atomic E-state index is 12.4. The number of carbonyl (C=O) groups is 1. The molecule has 1 N–H and O–H groups in total. The van der Waals surface area contributed by atoms with Gasteiger partial charge in [-0.3, -0.25) is 9.79 Å². The van der Waals surface area contributed by atoms with Crippen molar-refractivity contribution >= 4 is 23.5 Å². The van der Waals surface area contributed by atoms with E-state index in [4.69, 9.17) is 0 Å². The highest BCUT2D eigenvalue weighted by Gasteiger charge is 2.16. The largest absolute Gasteiger partial charge is 0.324 e. The summed E-state index contributed by atoms with van der Waals surface area (Å²) < 4.78 is 0. The highest BCUT2D eigenvalue weighted by molar-refractivity contribution is 5.95. The number of nitrogens with zero attached hydrogens (tertiary/aromatic N) is 1. The van der Waals surface area contributed by atoms with E-state index in [2.05, 4.69) is 42.4 Å². The van der Waals surface area contributed by atoms with Gasteiger partial charge in [0.15, 0.2) is 0 Å². The summed E-state index contributed by atoms with van der Waals surface area (Å²) in [6.45, 7) is 4.19. The number of aliphatic imine (C=N–C) groups is 1. The van der Waals surface area contributed by atoms with Crippen molar-refractivity contribution in [1.82, 2.24) is 0 Å². The average molecular weight is 306 g/mol. The van der Waals surface area contributed by atoms with Crippen molar-refractivity contribution in [3.63, 3.8) is 0 Å². The van der Waals surface area contributed by atoms with Crippen molar-refractivity contribution in [2.24, 2.45) is 4.99 Å². The Morgan fingerprint density at radius 3 is 2.87 bits per heavy atom. The van der Waals surface area contributed by atoms with Crippen LogP contribution >= 0.6 is 0 Å². The molecule has 1 aliphatic rings. The summed E-state index contributed by atoms with van der Waals surface area (Å²) in [7, 11) is 0. The van der Waals surface area contributed by atoms with Gasteiger partial charge in [0.25, 0.3) is 0 Å². The molecule has 0 fully saturated rings. The maximum Gasteiger partial charge on any atom is 0.225 e. The molecular formula is C20H22N2O. The molecule has 0 radical (unpaired) electrons. The van der Waals surface area contributed by atoms with Crippen molar-refractivity contribution in [2.75, 3.05) is 5.32 Å². The number of hydrogen-bond donors (Lipinski definition) is 1. The molecule has 1 atom stereocenters. The molecule has 0 saturated carbocycles. The molecule has 0 bridgehead atoms. The number of rotatable bonds is 4. The van der Waals surface area contributed by atoms with Gasteiger partial charge in [-0.15, -0.1) is 0 Å². The van der Waals surface area contributed by atoms with Crippen LogP contribution in [0.4, 0.5) is 11.4 Å². The topological polar surface area (TPSA) is 41.5 Å². The number of aryl methyl sites for hydroxylation is 2. The first-order chi connectivity index (χ1) is 11.1. The van der Waals surface area contributed by atoms with Crippen LogP contribution in [0.2, 0.25) is 0 Å². The highest BCUT2D eigenvalue weighted by atomic mass is 16.1. The van der Waals surface area contributed by atoms with Gasteiger partial charge in [-0.05, 0) is 48.4 Å². The Hall–Kier alpha value is -2.42. The second-order valence-electron chi connectivity index (χ2n) is 6.17. The van der Waals surface area contributed by atoms with Crippen molar-refractivity contribution in [1.29, 1.82) is 0 Å². The lowest BCUT2D eigenvalue weighted by Crippen LogP contribution is -2.15. The summed E-state index contributed by atoms with van der Waals surface area (Å²) in [4.78, 5) is 16.9. The average Bonchev–Trinajstić information content (AvgIpc) is 2.55. The van der Waals surface area contributed by atoms with E-state index in [1.807, 2.05) is 30.5 Å². The molecule has 0 saturated heterocycles. The predicted octanol–water partition coefficient (Wildman–Crippen LogP) is 4.78. The number of fused-ring (bicyclic) bond motifs is 1. The smallest absolute Gasteiger partial charge is 0.225 e. The van der Waals surface area contributed by atoms with Crippen LogP contribution in [0.15, 0.2) is 47.5 Å². The molecule has 1 aliphatic heterocycles. The van der Waals surface area contributed by atoms with Gasteiger partial charge in [-0.25, -0.2) is 0 Å². The molecule has 1 amide bonds. The summed E-state index contributed by atoms with van der Waals surface area (Å²) in [6, 6.07) is 14.2. The van der Waals surface area contributed by atoms with Crippen molar-refractivity contribution in [3.05, 3.63) is 59.2 Å². The zero-order valence-corrected chi connectivity index (χ0v) is 13.7. The third-order valence-corrected chi connectivity index (χ3v) is 4.37. The highest BCUT2D eigenvalue weighted by Crippen LogP contribution is 2.33. The first kappa shape index (κ1) is 15.5. The van der Waals surface area contributed by atoms with E-state index in [-0.39, 0.29) is 11.8 Å². The number of anilines is 1. The van der Waals surface area contributed by atoms with Crippen LogP contribution in [0.5, 0.6) is 0 Å². The molecule has 0 spiro atoms. The molecule has 23 heavy (non-hydrogen) atoms. The summed E-state index contributed by atoms with van der Waals surface area (Å²) in [5.41, 5.74) is 5.40. The fourth-order valence-electron chi connectivity index (χ4n) is 3.15. The first-order valence-electron chi connectivity index (χ1n) is 8.15. The molecular weight excluding hydrogens is 284 g/mol. The minimum absolute atomic E-state index is 0.0370. The molecule has 2 aromatic carbocycles. The lowest BCUT2D eigenvalue weighted by atomic mass is 9.93. The van der Waals surface area contributed by atoms with E-state index in [0.717, 1.165) is 24.2 Å². The third-order valence-electron chi connectivity index (χ3n) is 4.37. The fraction of sp³-hybridized carbons (Fsp3) is 0.300. The quantitative estimate of drug-likeness (QED) is 0.868. The van der Waals surface area contributed by atoms with E-state index in [1.165, 1.54) is 16.7 Å². The maximum absolute atomic E-state index is 12.4. The van der Waals surface area contributed by atoms with Gasteiger partial charge >= 0.3 is 0 Å². The van der Waals surface area contributed by atoms with Crippen molar-refractivity contribution < 1.29 is 4.79 Å². The summed E-state index contributed by atoms with van der Waals surface area (Å²) in [6.07, 6.45) is 4.35. The number of carbonyl (C=O) groups excluding carboxylic acids is 1. The Morgan fingerprint density at radius 2 is 2.04 bits per heavy atom. The van der Waals surface area contributed by atoms with Crippen LogP contribution in [-0.2, 0) is 11.2 Å². The molecule has 1 heterocycles. The summed E-state index contributed by atoms with van der Waals surface area (Å²) >= 11 is 0. The number of benzene rings is 2. The minimum atomic E-state index is 0.0370. The van der Waals surface area contributed by atoms with Gasteiger partial charge in [-0.1, -0.05) is 43.3 Å². The van der Waals surface area contributed by atoms with Gasteiger partial charge in [0.1, 0.15) is 0 Å². The molecule has 2 aromatic rings. The van der Waals surface area contributed by atoms with Gasteiger partial charge in [0, 0.05) is 12.6 Å². The zero-order chi connectivity index (χ0) is 16.2. The molecule has 3 nitrogen and oxygen atoms in total. The van der Waals surface area contributed by atoms with Crippen LogP contribution in [0.1, 0.15) is 42.4 Å². The van der Waals surface area contributed by atoms with Gasteiger partial charge in [-0.2, -0.15) is 0 Å². The number of amides is 1. The van der Waals surface area contributed by atoms with E-state index in [1.54, 1.807) is 0 Å². The summed E-state index contributed by atoms with van der Waals surface area (Å²) in [5, 5.41) is 3.04. The lowest BCUT2D eigenvalue weighted by molar-refractivity contribution is -0.116. The predicted molar refractivity (Wildman–Crippen MR) is 95.8 cm³/mol. The standard InChI is InChI=1S/C20H22N2O/c1-14-7-3-4-10-17(14)15(2)13-19(23)22-18-11-5-8-16-9-6-12-21-20(16)18/h3-5,7-8,10-12,15H,6,9,13H2,1-2H3,(H,22,23). The fourth-order valence-corrected chi connectivity index (χ4v) is 3.15. The molecule has 0 aliphatic carbocycles. The number of hydrogen-bond acceptors (Lipinski definition) is 2. The molecule has 1 unspecified atom stereocenters. The minimum Gasteiger partial charge on any atom is -0.324 e. The van der Waals surface area contributed by atoms with Crippen LogP contribution < -0.4 is 5.32 Å². The Balaban J connectivity index is 1.71. The van der Waals surface area contributed by atoms with Gasteiger partial charge < -0.3 is 5.32 Å². The Bertz CT molecular complexity index is 749. The van der Waals surface area contributed by atoms with Gasteiger partial charge in [0.05, 0.1) is 11.4 Å². The zero-order valence-electron chi connectivity index (χ0n) is 13.7. The van der Waals surface area contributed by atoms with E-state index in [0.29, 0.717) is 6.42 Å². The molecule has 0 aromatic heterocycles. The normalized spacial score (nSPS) is 14.2. The Labute approximate surface area is 137 Å². The van der Waals surface area contributed by atoms with Crippen molar-refractivity contribution in [2.45, 2.75) is 39.0 Å². The second kappa shape index (κ2) is 6.78. The third kappa shape index (κ3) is 3.50. The Morgan fingerprint density at radius 1 is 1.22 bits per heavy atom. The number of para-hydroxylation sites is 1. The van der Waals surface area contributed by atoms with Crippen LogP contribution in [0.3, 0.4) is 0 Å². The monoisotopic (exact) mass is 306 g/mol. The van der Waals surface area contributed by atoms with Crippen LogP contribution in [0, 0.1) is 6.92 Å². The SMILES string of the molecule is Cc1ccccc1C(C)CC(=O)Nc1cccc2c1N=CCC2. The van der Waals surface area contributed by atoms with Crippen molar-refractivity contribution in [3.8, 4) is 0 Å². The molecule has 3 rings (SSSR count). The van der Waals surface area contributed by atoms with Crippen LogP contribution in [0.25, 0.3) is 0 Å². The number of nitrogens with one attached hydrogen (secondary N) is 1. The van der Waals surface area contributed by atoms with Gasteiger partial charge in [0.2, 0.25) is 5.91 Å². The van der Waals surface area contributed by atoms with E-state index >= 15 is 0 Å². The Kier molecular flexibility index (Phi) is 4.56. The molecule has 3 heteroatoms. The first-order valence-corrected chi connectivity index (χ1v) is 8.15. The molecule has 118 valence electrons. The van der Waals surface area contributed by atoms with Crippen LogP contribution in [-0.4, -0.2) is 12.1 Å². The second-order valence-corrected chi connectivity index (χ2v) is 6.17. The van der Waals surface area contributed by atoms with E-state index < -0.39 is 0 Å².